The van der Waals surface area contributed by atoms with Gasteiger partial charge in [-0.1, -0.05) is 19.1 Å². The molecule has 2 rings (SSSR count). The Balaban J connectivity index is 2.27. The van der Waals surface area contributed by atoms with Crippen LogP contribution in [-0.2, 0) is 19.1 Å². The highest BCUT2D eigenvalue weighted by Crippen LogP contribution is 2.32. The minimum Gasteiger partial charge on any atom is -0.461 e. The lowest BCUT2D eigenvalue weighted by molar-refractivity contribution is -0.163. The Morgan fingerprint density at radius 3 is 1.72 bits per heavy atom. The average molecular weight is 454 g/mol. The summed E-state index contributed by atoms with van der Waals surface area (Å²) in [6, 6.07) is 6.18. The fourth-order valence-corrected chi connectivity index (χ4v) is 3.23. The van der Waals surface area contributed by atoms with Gasteiger partial charge in [0.25, 0.3) is 0 Å². The Morgan fingerprint density at radius 2 is 1.31 bits per heavy atom. The molecule has 0 heterocycles. The molecule has 0 amide bonds. The van der Waals surface area contributed by atoms with Crippen molar-refractivity contribution in [2.24, 2.45) is 5.92 Å². The number of hydrogen-bond acceptors (Lipinski definition) is 4. The van der Waals surface area contributed by atoms with Gasteiger partial charge in [0.05, 0.1) is 12.3 Å². The van der Waals surface area contributed by atoms with E-state index >= 15 is 0 Å². The van der Waals surface area contributed by atoms with Crippen LogP contribution in [0.5, 0.6) is 0 Å². The molecule has 0 saturated heterocycles. The van der Waals surface area contributed by atoms with Gasteiger partial charge in [-0.05, 0) is 63.1 Å². The van der Waals surface area contributed by atoms with E-state index in [1.54, 1.807) is 20.8 Å². The van der Waals surface area contributed by atoms with Crippen molar-refractivity contribution >= 4 is 11.9 Å². The standard InChI is InChI=1S/C24H26F4O4/c1-13(10-21(29)32-24(3,4)5)23(30)31-14(2)22(15-6-8-17(25)19(27)11-15)16-7-9-18(26)20(28)12-16/h6-9,11-14,22H,10H2,1-5H3/t13-,14+/m1/s1. The monoisotopic (exact) mass is 454 g/mol. The molecule has 32 heavy (non-hydrogen) atoms. The van der Waals surface area contributed by atoms with Crippen LogP contribution >= 0.6 is 0 Å². The summed E-state index contributed by atoms with van der Waals surface area (Å²) in [5, 5.41) is 0. The number of halogens is 4. The van der Waals surface area contributed by atoms with Crippen LogP contribution in [0.3, 0.4) is 0 Å². The largest absolute Gasteiger partial charge is 0.461 e. The van der Waals surface area contributed by atoms with Gasteiger partial charge < -0.3 is 9.47 Å². The maximum atomic E-state index is 13.9. The Hall–Kier alpha value is -2.90. The number of hydrogen-bond donors (Lipinski definition) is 0. The summed E-state index contributed by atoms with van der Waals surface area (Å²) < 4.78 is 65.2. The molecule has 0 aliphatic carbocycles. The Morgan fingerprint density at radius 1 is 0.844 bits per heavy atom. The first-order valence-corrected chi connectivity index (χ1v) is 10.1. The fraction of sp³-hybridized carbons (Fsp3) is 0.417. The highest BCUT2D eigenvalue weighted by atomic mass is 19.2. The van der Waals surface area contributed by atoms with Gasteiger partial charge in [0.15, 0.2) is 23.3 Å². The lowest BCUT2D eigenvalue weighted by atomic mass is 9.87. The summed E-state index contributed by atoms with van der Waals surface area (Å²) in [6.07, 6.45) is -1.19. The van der Waals surface area contributed by atoms with Crippen LogP contribution in [0.15, 0.2) is 36.4 Å². The maximum Gasteiger partial charge on any atom is 0.309 e. The molecular formula is C24H26F4O4. The van der Waals surface area contributed by atoms with Crippen LogP contribution in [0.4, 0.5) is 17.6 Å². The van der Waals surface area contributed by atoms with Crippen molar-refractivity contribution in [1.29, 1.82) is 0 Å². The van der Waals surface area contributed by atoms with Gasteiger partial charge in [-0.25, -0.2) is 17.6 Å². The first kappa shape index (κ1) is 25.4. The van der Waals surface area contributed by atoms with Crippen LogP contribution < -0.4 is 0 Å². The SMILES string of the molecule is C[C@H](CC(=O)OC(C)(C)C)C(=O)O[C@@H](C)C(c1ccc(F)c(F)c1)c1ccc(F)c(F)c1. The molecule has 0 bridgehead atoms. The van der Waals surface area contributed by atoms with E-state index in [1.807, 2.05) is 0 Å². The van der Waals surface area contributed by atoms with Crippen LogP contribution in [0, 0.1) is 29.2 Å². The summed E-state index contributed by atoms with van der Waals surface area (Å²) in [4.78, 5) is 24.6. The van der Waals surface area contributed by atoms with Gasteiger partial charge in [0, 0.05) is 5.92 Å². The van der Waals surface area contributed by atoms with Gasteiger partial charge in [-0.15, -0.1) is 0 Å². The minimum absolute atomic E-state index is 0.204. The molecule has 0 aliphatic rings. The first-order valence-electron chi connectivity index (χ1n) is 10.1. The Labute approximate surface area is 184 Å². The predicted octanol–water partition coefficient (Wildman–Crippen LogP) is 5.67. The van der Waals surface area contributed by atoms with E-state index < -0.39 is 58.7 Å². The molecule has 0 saturated carbocycles. The van der Waals surface area contributed by atoms with Crippen molar-refractivity contribution in [3.05, 3.63) is 70.8 Å². The highest BCUT2D eigenvalue weighted by Gasteiger charge is 2.30. The zero-order chi connectivity index (χ0) is 24.2. The lowest BCUT2D eigenvalue weighted by Crippen LogP contribution is -2.30. The zero-order valence-electron chi connectivity index (χ0n) is 18.5. The zero-order valence-corrected chi connectivity index (χ0v) is 18.5. The van der Waals surface area contributed by atoms with Crippen molar-refractivity contribution < 1.29 is 36.6 Å². The second kappa shape index (κ2) is 10.1. The van der Waals surface area contributed by atoms with E-state index in [0.29, 0.717) is 0 Å². The average Bonchev–Trinajstić information content (AvgIpc) is 2.66. The Kier molecular flexibility index (Phi) is 8.04. The van der Waals surface area contributed by atoms with Crippen LogP contribution in [0.2, 0.25) is 0 Å². The van der Waals surface area contributed by atoms with Crippen molar-refractivity contribution in [1.82, 2.24) is 0 Å². The molecule has 0 fully saturated rings. The second-order valence-corrected chi connectivity index (χ2v) is 8.66. The topological polar surface area (TPSA) is 52.6 Å². The van der Waals surface area contributed by atoms with Gasteiger partial charge in [-0.2, -0.15) is 0 Å². The third-order valence-electron chi connectivity index (χ3n) is 4.67. The fourth-order valence-electron chi connectivity index (χ4n) is 3.23. The normalized spacial score (nSPS) is 13.6. The third kappa shape index (κ3) is 6.80. The number of rotatable bonds is 7. The first-order chi connectivity index (χ1) is 14.8. The quantitative estimate of drug-likeness (QED) is 0.399. The van der Waals surface area contributed by atoms with Crippen molar-refractivity contribution in [3.8, 4) is 0 Å². The van der Waals surface area contributed by atoms with Gasteiger partial charge in [0.2, 0.25) is 0 Å². The molecular weight excluding hydrogens is 428 g/mol. The van der Waals surface area contributed by atoms with Crippen LogP contribution in [0.25, 0.3) is 0 Å². The smallest absolute Gasteiger partial charge is 0.309 e. The number of ether oxygens (including phenoxy) is 2. The summed E-state index contributed by atoms with van der Waals surface area (Å²) in [5.41, 5.74) is -0.302. The van der Waals surface area contributed by atoms with E-state index in [4.69, 9.17) is 9.47 Å². The molecule has 174 valence electrons. The van der Waals surface area contributed by atoms with Gasteiger partial charge in [0.1, 0.15) is 11.7 Å². The van der Waals surface area contributed by atoms with Crippen molar-refractivity contribution in [2.75, 3.05) is 0 Å². The number of carbonyl (C=O) groups excluding carboxylic acids is 2. The van der Waals surface area contributed by atoms with Crippen molar-refractivity contribution in [2.45, 2.75) is 58.7 Å². The summed E-state index contributed by atoms with van der Waals surface area (Å²) in [5.74, 6) is -7.48. The summed E-state index contributed by atoms with van der Waals surface area (Å²) >= 11 is 0. The van der Waals surface area contributed by atoms with E-state index in [0.717, 1.165) is 24.3 Å². The number of carbonyl (C=O) groups is 2. The maximum absolute atomic E-state index is 13.9. The minimum atomic E-state index is -1.13. The van der Waals surface area contributed by atoms with Gasteiger partial charge >= 0.3 is 11.9 Å². The highest BCUT2D eigenvalue weighted by molar-refractivity contribution is 5.80. The van der Waals surface area contributed by atoms with E-state index in [9.17, 15) is 27.2 Å². The second-order valence-electron chi connectivity index (χ2n) is 8.66. The summed E-state index contributed by atoms with van der Waals surface area (Å²) in [7, 11) is 0. The molecule has 0 spiro atoms. The molecule has 0 radical (unpaired) electrons. The molecule has 0 N–H and O–H groups in total. The van der Waals surface area contributed by atoms with E-state index in [-0.39, 0.29) is 17.5 Å². The number of benzene rings is 2. The summed E-state index contributed by atoms with van der Waals surface area (Å²) in [6.45, 7) is 8.08. The van der Waals surface area contributed by atoms with Gasteiger partial charge in [-0.3, -0.25) is 9.59 Å². The third-order valence-corrected chi connectivity index (χ3v) is 4.67. The molecule has 0 aliphatic heterocycles. The molecule has 0 unspecified atom stereocenters. The molecule has 2 aromatic carbocycles. The molecule has 0 aromatic heterocycles. The molecule has 2 atom stereocenters. The lowest BCUT2D eigenvalue weighted by Gasteiger charge is -2.27. The van der Waals surface area contributed by atoms with Crippen LogP contribution in [-0.4, -0.2) is 23.6 Å². The molecule has 8 heteroatoms. The van der Waals surface area contributed by atoms with Crippen LogP contribution in [0.1, 0.15) is 58.1 Å². The number of esters is 2. The molecule has 2 aromatic rings. The molecule has 4 nitrogen and oxygen atoms in total. The van der Waals surface area contributed by atoms with E-state index in [2.05, 4.69) is 0 Å². The van der Waals surface area contributed by atoms with Crippen molar-refractivity contribution in [3.63, 3.8) is 0 Å². The predicted molar refractivity (Wildman–Crippen MR) is 110 cm³/mol. The Bertz CT molecular complexity index is 933. The van der Waals surface area contributed by atoms with E-state index in [1.165, 1.54) is 26.0 Å².